The summed E-state index contributed by atoms with van der Waals surface area (Å²) >= 11 is 0. The van der Waals surface area contributed by atoms with Crippen molar-refractivity contribution < 1.29 is 23.1 Å². The number of hydrogen-bond acceptors (Lipinski definition) is 3. The molecule has 0 aliphatic carbocycles. The number of aromatic carboxylic acids is 1. The zero-order chi connectivity index (χ0) is 17.5. The van der Waals surface area contributed by atoms with Crippen molar-refractivity contribution in [1.29, 1.82) is 0 Å². The molecule has 2 aromatic rings. The molecule has 1 aliphatic heterocycles. The van der Waals surface area contributed by atoms with E-state index >= 15 is 0 Å². The van der Waals surface area contributed by atoms with Crippen molar-refractivity contribution in [2.24, 2.45) is 7.05 Å². The average Bonchev–Trinajstić information content (AvgIpc) is 2.87. The number of rotatable bonds is 3. The molecule has 0 atom stereocenters. The Morgan fingerprint density at radius 2 is 2.12 bits per heavy atom. The molecule has 0 saturated heterocycles. The lowest BCUT2D eigenvalue weighted by molar-refractivity contribution is -0.141. The van der Waals surface area contributed by atoms with E-state index in [1.165, 1.54) is 11.7 Å². The molecule has 0 fully saturated rings. The first-order valence-electron chi connectivity index (χ1n) is 7.42. The molecule has 0 saturated carbocycles. The molecule has 0 radical (unpaired) electrons. The predicted octanol–water partition coefficient (Wildman–Crippen LogP) is 2.70. The van der Waals surface area contributed by atoms with Gasteiger partial charge in [-0.15, -0.1) is 0 Å². The Bertz CT molecular complexity index is 783. The number of fused-ring (bicyclic) bond motifs is 1. The van der Waals surface area contributed by atoms with E-state index in [2.05, 4.69) is 5.10 Å². The molecule has 1 N–H and O–H groups in total. The van der Waals surface area contributed by atoms with Gasteiger partial charge in [0, 0.05) is 26.7 Å². The molecule has 0 bridgehead atoms. The minimum atomic E-state index is -4.47. The lowest BCUT2D eigenvalue weighted by Crippen LogP contribution is -2.32. The second kappa shape index (κ2) is 5.94. The first kappa shape index (κ1) is 16.5. The summed E-state index contributed by atoms with van der Waals surface area (Å²) in [6.07, 6.45) is -3.80. The van der Waals surface area contributed by atoms with Crippen LogP contribution in [0.4, 0.5) is 13.2 Å². The third-order valence-electron chi connectivity index (χ3n) is 4.24. The van der Waals surface area contributed by atoms with Gasteiger partial charge >= 0.3 is 12.1 Å². The summed E-state index contributed by atoms with van der Waals surface area (Å²) in [4.78, 5) is 13.3. The molecule has 2 heterocycles. The van der Waals surface area contributed by atoms with Crippen LogP contribution < -0.4 is 0 Å². The number of nitrogens with zero attached hydrogens (tertiary/aromatic N) is 3. The zero-order valence-corrected chi connectivity index (χ0v) is 13.0. The van der Waals surface area contributed by atoms with Gasteiger partial charge in [-0.2, -0.15) is 18.3 Å². The van der Waals surface area contributed by atoms with E-state index in [1.807, 2.05) is 11.0 Å². The summed E-state index contributed by atoms with van der Waals surface area (Å²) in [5, 5.41) is 12.8. The topological polar surface area (TPSA) is 58.4 Å². The van der Waals surface area contributed by atoms with Gasteiger partial charge in [-0.3, -0.25) is 9.58 Å². The van der Waals surface area contributed by atoms with E-state index in [4.69, 9.17) is 0 Å². The molecule has 1 aromatic heterocycles. The molecule has 128 valence electrons. The van der Waals surface area contributed by atoms with E-state index in [9.17, 15) is 23.1 Å². The van der Waals surface area contributed by atoms with Gasteiger partial charge < -0.3 is 5.11 Å². The van der Waals surface area contributed by atoms with Crippen LogP contribution in [0.25, 0.3) is 0 Å². The first-order valence-corrected chi connectivity index (χ1v) is 7.42. The van der Waals surface area contributed by atoms with Crippen LogP contribution in [0.1, 0.15) is 32.9 Å². The second-order valence-corrected chi connectivity index (χ2v) is 5.85. The Morgan fingerprint density at radius 3 is 2.75 bits per heavy atom. The van der Waals surface area contributed by atoms with Crippen LogP contribution in [0.15, 0.2) is 24.3 Å². The summed E-state index contributed by atoms with van der Waals surface area (Å²) < 4.78 is 39.5. The average molecular weight is 339 g/mol. The van der Waals surface area contributed by atoms with E-state index in [0.717, 1.165) is 17.2 Å². The highest BCUT2D eigenvalue weighted by Crippen LogP contribution is 2.29. The standard InChI is InChI=1S/C16H16F3N3O2/c1-21-11(7-14(20-21)16(17,18)19)8-22-6-5-10-3-2-4-12(15(23)24)13(10)9-22/h2-4,7H,5-6,8-9H2,1H3,(H,23,24). The monoisotopic (exact) mass is 339 g/mol. The first-order chi connectivity index (χ1) is 11.3. The number of carbonyl (C=O) groups is 1. The number of carboxylic acid groups (broad SMARTS) is 1. The Kier molecular flexibility index (Phi) is 4.08. The summed E-state index contributed by atoms with van der Waals surface area (Å²) in [5.74, 6) is -0.992. The number of aryl methyl sites for hydroxylation is 1. The molecule has 0 spiro atoms. The largest absolute Gasteiger partial charge is 0.478 e. The van der Waals surface area contributed by atoms with Gasteiger partial charge in [0.25, 0.3) is 0 Å². The van der Waals surface area contributed by atoms with E-state index in [-0.39, 0.29) is 12.1 Å². The normalized spacial score (nSPS) is 15.3. The van der Waals surface area contributed by atoms with Gasteiger partial charge in [-0.25, -0.2) is 4.79 Å². The third kappa shape index (κ3) is 3.14. The quantitative estimate of drug-likeness (QED) is 0.934. The van der Waals surface area contributed by atoms with Crippen LogP contribution in [-0.2, 0) is 32.7 Å². The Hall–Kier alpha value is -2.35. The maximum absolute atomic E-state index is 12.7. The van der Waals surface area contributed by atoms with E-state index in [1.54, 1.807) is 12.1 Å². The van der Waals surface area contributed by atoms with Gasteiger partial charge in [0.05, 0.1) is 11.3 Å². The summed E-state index contributed by atoms with van der Waals surface area (Å²) in [6.45, 7) is 1.33. The van der Waals surface area contributed by atoms with Gasteiger partial charge in [-0.1, -0.05) is 12.1 Å². The number of alkyl halides is 3. The van der Waals surface area contributed by atoms with Crippen LogP contribution in [-0.4, -0.2) is 32.3 Å². The van der Waals surface area contributed by atoms with Crippen molar-refractivity contribution in [3.63, 3.8) is 0 Å². The summed E-state index contributed by atoms with van der Waals surface area (Å²) in [7, 11) is 1.48. The lowest BCUT2D eigenvalue weighted by Gasteiger charge is -2.29. The van der Waals surface area contributed by atoms with Crippen molar-refractivity contribution in [2.45, 2.75) is 25.7 Å². The molecule has 5 nitrogen and oxygen atoms in total. The maximum Gasteiger partial charge on any atom is 0.435 e. The van der Waals surface area contributed by atoms with E-state index < -0.39 is 17.8 Å². The minimum Gasteiger partial charge on any atom is -0.478 e. The van der Waals surface area contributed by atoms with E-state index in [0.29, 0.717) is 25.2 Å². The highest BCUT2D eigenvalue weighted by Gasteiger charge is 2.34. The fourth-order valence-electron chi connectivity index (χ4n) is 2.99. The zero-order valence-electron chi connectivity index (χ0n) is 13.0. The van der Waals surface area contributed by atoms with Crippen molar-refractivity contribution in [2.75, 3.05) is 6.54 Å². The molecule has 0 unspecified atom stereocenters. The third-order valence-corrected chi connectivity index (χ3v) is 4.24. The molecule has 8 heteroatoms. The SMILES string of the molecule is Cn1nc(C(F)(F)F)cc1CN1CCc2cccc(C(=O)O)c2C1. The van der Waals surface area contributed by atoms with Crippen molar-refractivity contribution in [1.82, 2.24) is 14.7 Å². The minimum absolute atomic E-state index is 0.248. The smallest absolute Gasteiger partial charge is 0.435 e. The molecular weight excluding hydrogens is 323 g/mol. The molecule has 0 amide bonds. The van der Waals surface area contributed by atoms with Gasteiger partial charge in [0.2, 0.25) is 0 Å². The predicted molar refractivity (Wildman–Crippen MR) is 79.4 cm³/mol. The maximum atomic E-state index is 12.7. The van der Waals surface area contributed by atoms with Gasteiger partial charge in [-0.05, 0) is 29.7 Å². The van der Waals surface area contributed by atoms with Gasteiger partial charge in [0.1, 0.15) is 0 Å². The lowest BCUT2D eigenvalue weighted by atomic mass is 9.95. The number of benzene rings is 1. The Balaban J connectivity index is 1.82. The number of hydrogen-bond donors (Lipinski definition) is 1. The van der Waals surface area contributed by atoms with Crippen LogP contribution >= 0.6 is 0 Å². The van der Waals surface area contributed by atoms with Crippen LogP contribution in [0.5, 0.6) is 0 Å². The summed E-state index contributed by atoms with van der Waals surface area (Å²) in [6, 6.07) is 6.20. The van der Waals surface area contributed by atoms with Crippen molar-refractivity contribution in [3.8, 4) is 0 Å². The van der Waals surface area contributed by atoms with Crippen molar-refractivity contribution >= 4 is 5.97 Å². The fraction of sp³-hybridized carbons (Fsp3) is 0.375. The summed E-state index contributed by atoms with van der Waals surface area (Å²) in [5.41, 5.74) is 1.49. The van der Waals surface area contributed by atoms with Crippen molar-refractivity contribution in [3.05, 3.63) is 52.3 Å². The highest BCUT2D eigenvalue weighted by atomic mass is 19.4. The van der Waals surface area contributed by atoms with Gasteiger partial charge in [0.15, 0.2) is 5.69 Å². The fourth-order valence-corrected chi connectivity index (χ4v) is 2.99. The molecule has 3 rings (SSSR count). The molecule has 24 heavy (non-hydrogen) atoms. The molecular formula is C16H16F3N3O2. The molecule has 1 aromatic carbocycles. The number of aromatic nitrogens is 2. The number of halogens is 3. The van der Waals surface area contributed by atoms with Crippen LogP contribution in [0, 0.1) is 0 Å². The van der Waals surface area contributed by atoms with Crippen LogP contribution in [0.3, 0.4) is 0 Å². The Morgan fingerprint density at radius 1 is 1.38 bits per heavy atom. The second-order valence-electron chi connectivity index (χ2n) is 5.85. The highest BCUT2D eigenvalue weighted by molar-refractivity contribution is 5.89. The van der Waals surface area contributed by atoms with Crippen LogP contribution in [0.2, 0.25) is 0 Å². The molecule has 1 aliphatic rings. The Labute approximate surface area is 136 Å². The number of carboxylic acids is 1.